The SMILES string of the molecule is COCCCNC(=O)c1cc(C)n(-c2ccc(F)cc2)c1C. The molecule has 1 N–H and O–H groups in total. The maximum Gasteiger partial charge on any atom is 0.253 e. The Morgan fingerprint density at radius 3 is 2.59 bits per heavy atom. The number of nitrogens with zero attached hydrogens (tertiary/aromatic N) is 1. The van der Waals surface area contributed by atoms with Crippen LogP contribution in [0.3, 0.4) is 0 Å². The number of methoxy groups -OCH3 is 1. The molecule has 0 bridgehead atoms. The summed E-state index contributed by atoms with van der Waals surface area (Å²) in [5.41, 5.74) is 3.26. The minimum Gasteiger partial charge on any atom is -0.385 e. The second kappa shape index (κ2) is 7.22. The molecule has 0 saturated heterocycles. The van der Waals surface area contributed by atoms with E-state index in [1.165, 1.54) is 12.1 Å². The molecule has 0 fully saturated rings. The normalized spacial score (nSPS) is 10.7. The zero-order valence-corrected chi connectivity index (χ0v) is 13.1. The van der Waals surface area contributed by atoms with Crippen molar-refractivity contribution < 1.29 is 13.9 Å². The molecule has 0 aliphatic heterocycles. The topological polar surface area (TPSA) is 43.3 Å². The molecule has 5 heteroatoms. The number of benzene rings is 1. The van der Waals surface area contributed by atoms with E-state index in [-0.39, 0.29) is 11.7 Å². The van der Waals surface area contributed by atoms with E-state index in [0.717, 1.165) is 23.5 Å². The zero-order valence-electron chi connectivity index (χ0n) is 13.1. The molecule has 1 aromatic carbocycles. The van der Waals surface area contributed by atoms with Gasteiger partial charge in [-0.05, 0) is 50.6 Å². The molecule has 118 valence electrons. The van der Waals surface area contributed by atoms with E-state index in [9.17, 15) is 9.18 Å². The summed E-state index contributed by atoms with van der Waals surface area (Å²) in [6.45, 7) is 5.01. The number of aromatic nitrogens is 1. The molecule has 0 spiro atoms. The van der Waals surface area contributed by atoms with Gasteiger partial charge >= 0.3 is 0 Å². The lowest BCUT2D eigenvalue weighted by Crippen LogP contribution is -2.25. The summed E-state index contributed by atoms with van der Waals surface area (Å²) in [5.74, 6) is -0.375. The number of carbonyl (C=O) groups is 1. The van der Waals surface area contributed by atoms with E-state index in [4.69, 9.17) is 4.74 Å². The van der Waals surface area contributed by atoms with E-state index in [1.54, 1.807) is 19.2 Å². The summed E-state index contributed by atoms with van der Waals surface area (Å²) in [4.78, 5) is 12.3. The third kappa shape index (κ3) is 3.54. The molecule has 2 rings (SSSR count). The fourth-order valence-corrected chi connectivity index (χ4v) is 2.49. The molecule has 2 aromatic rings. The van der Waals surface area contributed by atoms with Crippen LogP contribution in [-0.4, -0.2) is 30.7 Å². The molecule has 0 atom stereocenters. The molecular weight excluding hydrogens is 283 g/mol. The second-order valence-corrected chi connectivity index (χ2v) is 5.20. The van der Waals surface area contributed by atoms with Crippen molar-refractivity contribution in [1.82, 2.24) is 9.88 Å². The van der Waals surface area contributed by atoms with Crippen LogP contribution in [-0.2, 0) is 4.74 Å². The van der Waals surface area contributed by atoms with Crippen LogP contribution in [0.15, 0.2) is 30.3 Å². The lowest BCUT2D eigenvalue weighted by Gasteiger charge is -2.10. The van der Waals surface area contributed by atoms with Crippen LogP contribution >= 0.6 is 0 Å². The first-order valence-corrected chi connectivity index (χ1v) is 7.26. The Bertz CT molecular complexity index is 647. The Morgan fingerprint density at radius 2 is 1.95 bits per heavy atom. The summed E-state index contributed by atoms with van der Waals surface area (Å²) >= 11 is 0. The Balaban J connectivity index is 2.19. The van der Waals surface area contributed by atoms with Gasteiger partial charge in [-0.25, -0.2) is 4.39 Å². The summed E-state index contributed by atoms with van der Waals surface area (Å²) in [5, 5.41) is 2.88. The van der Waals surface area contributed by atoms with Crippen molar-refractivity contribution in [3.05, 3.63) is 53.1 Å². The van der Waals surface area contributed by atoms with Gasteiger partial charge < -0.3 is 14.6 Å². The van der Waals surface area contributed by atoms with Crippen molar-refractivity contribution in [3.63, 3.8) is 0 Å². The molecule has 0 aliphatic carbocycles. The number of aryl methyl sites for hydroxylation is 1. The van der Waals surface area contributed by atoms with E-state index >= 15 is 0 Å². The van der Waals surface area contributed by atoms with Gasteiger partial charge in [0.05, 0.1) is 5.56 Å². The summed E-state index contributed by atoms with van der Waals surface area (Å²) in [7, 11) is 1.64. The molecule has 1 heterocycles. The van der Waals surface area contributed by atoms with Gasteiger partial charge in [-0.1, -0.05) is 0 Å². The highest BCUT2D eigenvalue weighted by molar-refractivity contribution is 5.95. The molecule has 1 aromatic heterocycles. The molecule has 0 saturated carbocycles. The van der Waals surface area contributed by atoms with Crippen LogP contribution in [0.2, 0.25) is 0 Å². The zero-order chi connectivity index (χ0) is 16.1. The fraction of sp³-hybridized carbons (Fsp3) is 0.353. The largest absolute Gasteiger partial charge is 0.385 e. The van der Waals surface area contributed by atoms with Crippen molar-refractivity contribution >= 4 is 5.91 Å². The maximum atomic E-state index is 13.1. The van der Waals surface area contributed by atoms with E-state index in [0.29, 0.717) is 18.7 Å². The van der Waals surface area contributed by atoms with Gasteiger partial charge in [0.2, 0.25) is 0 Å². The third-order valence-electron chi connectivity index (χ3n) is 3.57. The van der Waals surface area contributed by atoms with Gasteiger partial charge in [0.1, 0.15) is 5.82 Å². The Labute approximate surface area is 129 Å². The average Bonchev–Trinajstić information content (AvgIpc) is 2.80. The van der Waals surface area contributed by atoms with E-state index in [2.05, 4.69) is 5.32 Å². The number of rotatable bonds is 6. The van der Waals surface area contributed by atoms with Gasteiger partial charge in [-0.3, -0.25) is 4.79 Å². The average molecular weight is 304 g/mol. The molecule has 0 unspecified atom stereocenters. The van der Waals surface area contributed by atoms with E-state index < -0.39 is 0 Å². The van der Waals surface area contributed by atoms with Gasteiger partial charge in [-0.15, -0.1) is 0 Å². The summed E-state index contributed by atoms with van der Waals surface area (Å²) < 4.78 is 20.0. The molecule has 0 radical (unpaired) electrons. The predicted molar refractivity (Wildman–Crippen MR) is 84.0 cm³/mol. The highest BCUT2D eigenvalue weighted by Gasteiger charge is 2.16. The van der Waals surface area contributed by atoms with E-state index in [1.807, 2.05) is 24.5 Å². The van der Waals surface area contributed by atoms with Crippen molar-refractivity contribution in [2.75, 3.05) is 20.3 Å². The lowest BCUT2D eigenvalue weighted by atomic mass is 10.2. The number of hydrogen-bond donors (Lipinski definition) is 1. The van der Waals surface area contributed by atoms with Gasteiger partial charge in [0.15, 0.2) is 0 Å². The van der Waals surface area contributed by atoms with Crippen LogP contribution in [0.5, 0.6) is 0 Å². The molecule has 0 aliphatic rings. The summed E-state index contributed by atoms with van der Waals surface area (Å²) in [6.07, 6.45) is 0.777. The minimum atomic E-state index is -0.276. The lowest BCUT2D eigenvalue weighted by molar-refractivity contribution is 0.0948. The standard InChI is InChI=1S/C17H21FN2O2/c1-12-11-16(17(21)19-9-4-10-22-3)13(2)20(12)15-7-5-14(18)6-8-15/h5-8,11H,4,9-10H2,1-3H3,(H,19,21). The van der Waals surface area contributed by atoms with Gasteiger partial charge in [0.25, 0.3) is 5.91 Å². The summed E-state index contributed by atoms with van der Waals surface area (Å²) in [6, 6.07) is 8.09. The smallest absolute Gasteiger partial charge is 0.253 e. The highest BCUT2D eigenvalue weighted by atomic mass is 19.1. The second-order valence-electron chi connectivity index (χ2n) is 5.20. The quantitative estimate of drug-likeness (QED) is 0.834. The molecule has 22 heavy (non-hydrogen) atoms. The first-order valence-electron chi connectivity index (χ1n) is 7.26. The number of halogens is 1. The van der Waals surface area contributed by atoms with Gasteiger partial charge in [-0.2, -0.15) is 0 Å². The first kappa shape index (κ1) is 16.2. The Morgan fingerprint density at radius 1 is 1.27 bits per heavy atom. The number of nitrogens with one attached hydrogen (secondary N) is 1. The Kier molecular flexibility index (Phi) is 5.33. The van der Waals surface area contributed by atoms with Crippen LogP contribution in [0.4, 0.5) is 4.39 Å². The predicted octanol–water partition coefficient (Wildman–Crippen LogP) is 3.00. The molecule has 1 amide bonds. The van der Waals surface area contributed by atoms with Crippen molar-refractivity contribution in [3.8, 4) is 5.69 Å². The van der Waals surface area contributed by atoms with Crippen LogP contribution in [0.1, 0.15) is 28.2 Å². The van der Waals surface area contributed by atoms with Crippen molar-refractivity contribution in [2.45, 2.75) is 20.3 Å². The molecule has 4 nitrogen and oxygen atoms in total. The number of carbonyl (C=O) groups excluding carboxylic acids is 1. The maximum absolute atomic E-state index is 13.1. The number of hydrogen-bond acceptors (Lipinski definition) is 2. The van der Waals surface area contributed by atoms with Gasteiger partial charge in [0, 0.05) is 37.3 Å². The number of amides is 1. The highest BCUT2D eigenvalue weighted by Crippen LogP contribution is 2.21. The van der Waals surface area contributed by atoms with Crippen molar-refractivity contribution in [2.24, 2.45) is 0 Å². The molecular formula is C17H21FN2O2. The van der Waals surface area contributed by atoms with Crippen LogP contribution in [0.25, 0.3) is 5.69 Å². The third-order valence-corrected chi connectivity index (χ3v) is 3.57. The monoisotopic (exact) mass is 304 g/mol. The minimum absolute atomic E-state index is 0.0995. The Hall–Kier alpha value is -2.14. The van der Waals surface area contributed by atoms with Crippen LogP contribution in [0, 0.1) is 19.7 Å². The van der Waals surface area contributed by atoms with Crippen molar-refractivity contribution in [1.29, 1.82) is 0 Å². The first-order chi connectivity index (χ1) is 10.5. The fourth-order valence-electron chi connectivity index (χ4n) is 2.49. The van der Waals surface area contributed by atoms with Crippen LogP contribution < -0.4 is 5.32 Å². The number of ether oxygens (including phenoxy) is 1.